The van der Waals surface area contributed by atoms with Crippen LogP contribution in [0.4, 0.5) is 5.69 Å². The number of halogens is 1. The molecule has 0 spiro atoms. The normalized spacial score (nSPS) is 15.6. The van der Waals surface area contributed by atoms with Gasteiger partial charge >= 0.3 is 109 Å². The molecular formula is C16H13ClK2N2O3. The van der Waals surface area contributed by atoms with Crippen molar-refractivity contribution >= 4 is 138 Å². The summed E-state index contributed by atoms with van der Waals surface area (Å²) in [7, 11) is 0. The molecule has 2 aromatic rings. The Morgan fingerprint density at radius 3 is 2.42 bits per heavy atom. The van der Waals surface area contributed by atoms with Gasteiger partial charge in [-0.05, 0) is 18.2 Å². The molecule has 5 nitrogen and oxygen atoms in total. The van der Waals surface area contributed by atoms with Crippen LogP contribution >= 0.6 is 11.6 Å². The second-order valence-corrected chi connectivity index (χ2v) is 5.20. The predicted octanol–water partition coefficient (Wildman–Crippen LogP) is 1.29. The zero-order valence-electron chi connectivity index (χ0n) is 11.3. The number of carbonyl (C=O) groups is 2. The maximum atomic E-state index is 12.0. The number of carboxylic acid groups (broad SMARTS) is 1. The third-order valence-corrected chi connectivity index (χ3v) is 3.52. The van der Waals surface area contributed by atoms with E-state index in [9.17, 15) is 14.7 Å². The molecule has 1 atom stereocenters. The number of amides is 1. The standard InChI is InChI=1S/C16H11ClN2O3.2K.2H/c17-10-6-7-12-11(8-10)13(9-4-2-1-3-5-9)19-14(16(21)22)15(20)18-12;;;;/h1-8,14H,(H,18,20)(H,21,22);;;;/t14-;;;;/m1..../s1. The molecule has 8 heteroatoms. The van der Waals surface area contributed by atoms with Crippen molar-refractivity contribution in [3.63, 3.8) is 0 Å². The van der Waals surface area contributed by atoms with Crippen molar-refractivity contribution in [3.05, 3.63) is 64.7 Å². The van der Waals surface area contributed by atoms with Crippen LogP contribution in [0.25, 0.3) is 0 Å². The third kappa shape index (κ3) is 5.08. The molecule has 1 heterocycles. The van der Waals surface area contributed by atoms with Crippen LogP contribution in [0.2, 0.25) is 5.02 Å². The van der Waals surface area contributed by atoms with Gasteiger partial charge in [0, 0.05) is 16.1 Å². The number of fused-ring (bicyclic) bond motifs is 1. The van der Waals surface area contributed by atoms with E-state index in [0.717, 1.165) is 0 Å². The van der Waals surface area contributed by atoms with E-state index < -0.39 is 17.9 Å². The van der Waals surface area contributed by atoms with Crippen LogP contribution in [-0.4, -0.2) is 132 Å². The SMILES string of the molecule is O=C(O)[C@@H]1N=C(c2ccccc2)c2cc(Cl)ccc2NC1=O.[KH].[KH]. The number of nitrogens with one attached hydrogen (secondary N) is 1. The fraction of sp³-hybridized carbons (Fsp3) is 0.0625. The van der Waals surface area contributed by atoms with Gasteiger partial charge in [-0.2, -0.15) is 0 Å². The van der Waals surface area contributed by atoms with Gasteiger partial charge in [-0.1, -0.05) is 41.9 Å². The number of hydrogen-bond acceptors (Lipinski definition) is 3. The number of carbonyl (C=O) groups excluding carboxylic acids is 1. The van der Waals surface area contributed by atoms with Crippen molar-refractivity contribution in [1.29, 1.82) is 0 Å². The van der Waals surface area contributed by atoms with Crippen molar-refractivity contribution in [1.82, 2.24) is 0 Å². The van der Waals surface area contributed by atoms with Gasteiger partial charge in [0.1, 0.15) is 0 Å². The Labute approximate surface area is 229 Å². The zero-order chi connectivity index (χ0) is 15.7. The van der Waals surface area contributed by atoms with Crippen LogP contribution < -0.4 is 5.32 Å². The Hall–Kier alpha value is 0.613. The van der Waals surface area contributed by atoms with Gasteiger partial charge in [0.25, 0.3) is 5.91 Å². The van der Waals surface area contributed by atoms with E-state index >= 15 is 0 Å². The van der Waals surface area contributed by atoms with Crippen molar-refractivity contribution < 1.29 is 14.7 Å². The Balaban J connectivity index is 0.00000144. The molecule has 1 aliphatic heterocycles. The molecule has 114 valence electrons. The molecule has 0 unspecified atom stereocenters. The van der Waals surface area contributed by atoms with Crippen molar-refractivity contribution in [2.75, 3.05) is 5.32 Å². The summed E-state index contributed by atoms with van der Waals surface area (Å²) in [6.45, 7) is 0. The molecule has 0 aromatic heterocycles. The van der Waals surface area contributed by atoms with Gasteiger partial charge in [-0.25, -0.2) is 4.79 Å². The van der Waals surface area contributed by atoms with Gasteiger partial charge < -0.3 is 10.4 Å². The number of aliphatic carboxylic acids is 1. The number of benzodiazepines with no additional fused rings is 1. The quantitative estimate of drug-likeness (QED) is 0.595. The number of rotatable bonds is 2. The fourth-order valence-electron chi connectivity index (χ4n) is 2.27. The van der Waals surface area contributed by atoms with E-state index in [4.69, 9.17) is 11.6 Å². The fourth-order valence-corrected chi connectivity index (χ4v) is 2.45. The van der Waals surface area contributed by atoms with Crippen LogP contribution in [0, 0.1) is 0 Å². The summed E-state index contributed by atoms with van der Waals surface area (Å²) in [4.78, 5) is 27.5. The summed E-state index contributed by atoms with van der Waals surface area (Å²) in [5, 5.41) is 12.3. The van der Waals surface area contributed by atoms with Crippen molar-refractivity contribution in [2.24, 2.45) is 4.99 Å². The van der Waals surface area contributed by atoms with E-state index in [0.29, 0.717) is 27.5 Å². The predicted molar refractivity (Wildman–Crippen MR) is 97.9 cm³/mol. The maximum absolute atomic E-state index is 12.0. The van der Waals surface area contributed by atoms with Crippen LogP contribution in [0.5, 0.6) is 0 Å². The number of hydrogen-bond donors (Lipinski definition) is 2. The molecule has 0 saturated carbocycles. The number of nitrogens with zero attached hydrogens (tertiary/aromatic N) is 1. The number of benzene rings is 2. The summed E-state index contributed by atoms with van der Waals surface area (Å²) in [5.41, 5.74) is 2.22. The molecule has 2 N–H and O–H groups in total. The summed E-state index contributed by atoms with van der Waals surface area (Å²) < 4.78 is 0. The van der Waals surface area contributed by atoms with E-state index in [1.54, 1.807) is 30.3 Å². The first kappa shape index (κ1) is 22.7. The molecule has 0 fully saturated rings. The second kappa shape index (κ2) is 10.1. The van der Waals surface area contributed by atoms with E-state index in [2.05, 4.69) is 10.3 Å². The van der Waals surface area contributed by atoms with Crippen LogP contribution in [-0.2, 0) is 9.59 Å². The van der Waals surface area contributed by atoms with Crippen molar-refractivity contribution in [2.45, 2.75) is 6.04 Å². The van der Waals surface area contributed by atoms with Crippen LogP contribution in [0.3, 0.4) is 0 Å². The number of aliphatic imine (C=N–C) groups is 1. The monoisotopic (exact) mass is 394 g/mol. The molecule has 1 amide bonds. The third-order valence-electron chi connectivity index (χ3n) is 3.28. The molecule has 0 radical (unpaired) electrons. The Kier molecular flexibility index (Phi) is 9.51. The average Bonchev–Trinajstić information content (AvgIpc) is 2.64. The topological polar surface area (TPSA) is 78.8 Å². The molecule has 1 aliphatic rings. The number of anilines is 1. The Bertz CT molecular complexity index is 797. The minimum atomic E-state index is -1.50. The molecular weight excluding hydrogens is 382 g/mol. The first-order chi connectivity index (χ1) is 10.6. The first-order valence-electron chi connectivity index (χ1n) is 6.53. The minimum absolute atomic E-state index is 0. The molecule has 0 aliphatic carbocycles. The van der Waals surface area contributed by atoms with Gasteiger partial charge in [0.2, 0.25) is 6.04 Å². The first-order valence-corrected chi connectivity index (χ1v) is 6.91. The van der Waals surface area contributed by atoms with Crippen LogP contribution in [0.15, 0.2) is 53.5 Å². The van der Waals surface area contributed by atoms with Gasteiger partial charge in [-0.15, -0.1) is 0 Å². The van der Waals surface area contributed by atoms with E-state index in [1.807, 2.05) is 18.2 Å². The van der Waals surface area contributed by atoms with Gasteiger partial charge in [0.05, 0.1) is 11.4 Å². The Morgan fingerprint density at radius 2 is 1.79 bits per heavy atom. The van der Waals surface area contributed by atoms with Crippen molar-refractivity contribution in [3.8, 4) is 0 Å². The summed E-state index contributed by atoms with van der Waals surface area (Å²) in [6, 6.07) is 12.5. The average molecular weight is 395 g/mol. The van der Waals surface area contributed by atoms with Gasteiger partial charge in [0.15, 0.2) is 0 Å². The molecule has 24 heavy (non-hydrogen) atoms. The zero-order valence-corrected chi connectivity index (χ0v) is 12.0. The molecule has 3 rings (SSSR count). The van der Waals surface area contributed by atoms with E-state index in [1.165, 1.54) is 0 Å². The molecule has 0 bridgehead atoms. The summed E-state index contributed by atoms with van der Waals surface area (Å²) in [5.74, 6) is -1.98. The Morgan fingerprint density at radius 1 is 1.12 bits per heavy atom. The molecule has 2 aromatic carbocycles. The summed E-state index contributed by atoms with van der Waals surface area (Å²) >= 11 is 6.03. The molecule has 0 saturated heterocycles. The van der Waals surface area contributed by atoms with Gasteiger partial charge in [-0.3, -0.25) is 9.79 Å². The van der Waals surface area contributed by atoms with E-state index in [-0.39, 0.29) is 103 Å². The summed E-state index contributed by atoms with van der Waals surface area (Å²) in [6.07, 6.45) is 0. The van der Waals surface area contributed by atoms with Crippen LogP contribution in [0.1, 0.15) is 11.1 Å². The second-order valence-electron chi connectivity index (χ2n) is 4.76. The number of carboxylic acids is 1.